The van der Waals surface area contributed by atoms with Gasteiger partial charge in [-0.15, -0.1) is 0 Å². The fourth-order valence-corrected chi connectivity index (χ4v) is 6.92. The predicted octanol–water partition coefficient (Wildman–Crippen LogP) is 1.19. The number of rotatable bonds is 13. The van der Waals surface area contributed by atoms with Gasteiger partial charge in [0.15, 0.2) is 12.3 Å². The number of benzene rings is 1. The first kappa shape index (κ1) is 33.0. The van der Waals surface area contributed by atoms with Crippen LogP contribution < -0.4 is 16.6 Å². The largest absolute Gasteiger partial charge is 0.490 e. The number of hydrogen-bond donors (Lipinski definition) is 6. The Kier molecular flexibility index (Phi) is 11.0. The van der Waals surface area contributed by atoms with E-state index in [4.69, 9.17) is 9.47 Å². The summed E-state index contributed by atoms with van der Waals surface area (Å²) in [5, 5.41) is 13.2. The Morgan fingerprint density at radius 2 is 1.66 bits per heavy atom. The summed E-state index contributed by atoms with van der Waals surface area (Å²) in [4.78, 5) is 67.1. The van der Waals surface area contributed by atoms with Crippen LogP contribution in [0.3, 0.4) is 0 Å². The minimum absolute atomic E-state index is 0.223. The summed E-state index contributed by atoms with van der Waals surface area (Å²) < 4.78 is 64.2. The van der Waals surface area contributed by atoms with Crippen molar-refractivity contribution in [1.82, 2.24) is 9.55 Å². The quantitative estimate of drug-likeness (QED) is 0.167. The number of aliphatic hydroxyl groups excluding tert-OH is 1. The molecule has 2 heterocycles. The van der Waals surface area contributed by atoms with Crippen molar-refractivity contribution in [1.29, 1.82) is 0 Å². The van der Waals surface area contributed by atoms with Gasteiger partial charge in [-0.1, -0.05) is 25.1 Å². The van der Waals surface area contributed by atoms with Crippen LogP contribution in [-0.2, 0) is 40.8 Å². The second kappa shape index (κ2) is 13.6. The van der Waals surface area contributed by atoms with Crippen molar-refractivity contribution in [3.05, 3.63) is 63.4 Å². The summed E-state index contributed by atoms with van der Waals surface area (Å²) >= 11 is 0. The summed E-state index contributed by atoms with van der Waals surface area (Å²) in [5.74, 6) is 0. The molecule has 41 heavy (non-hydrogen) atoms. The van der Waals surface area contributed by atoms with Crippen molar-refractivity contribution < 1.29 is 65.4 Å². The zero-order valence-electron chi connectivity index (χ0n) is 20.9. The van der Waals surface area contributed by atoms with Gasteiger partial charge in [0, 0.05) is 18.0 Å². The van der Waals surface area contributed by atoms with Crippen molar-refractivity contribution in [2.45, 2.75) is 37.9 Å². The number of ether oxygens (including phenoxy) is 2. The average Bonchev–Trinajstić information content (AvgIpc) is 3.15. The third-order valence-corrected chi connectivity index (χ3v) is 9.26. The molecule has 0 aliphatic carbocycles. The zero-order chi connectivity index (χ0) is 30.4. The second-order valence-electron chi connectivity index (χ2n) is 8.13. The van der Waals surface area contributed by atoms with E-state index in [0.717, 1.165) is 16.8 Å². The van der Waals surface area contributed by atoms with Gasteiger partial charge in [0.1, 0.15) is 12.2 Å². The Hall–Kier alpha value is -2.50. The van der Waals surface area contributed by atoms with Gasteiger partial charge in [0.05, 0.1) is 13.2 Å². The van der Waals surface area contributed by atoms with Gasteiger partial charge in [-0.2, -0.15) is 8.62 Å². The fourth-order valence-electron chi connectivity index (χ4n) is 3.32. The zero-order valence-corrected chi connectivity index (χ0v) is 23.6. The summed E-state index contributed by atoms with van der Waals surface area (Å²) in [6, 6.07) is 8.89. The molecule has 1 fully saturated rings. The molecule has 22 heteroatoms. The first-order chi connectivity index (χ1) is 19.1. The van der Waals surface area contributed by atoms with Crippen LogP contribution in [0.25, 0.3) is 0 Å². The SMILES string of the molecule is CCCOP(=O)(O)OP(=O)(O)OP(=O)(O)OC[C@H]1O[C@@H](n2ccc(=O)[nH]c2=O)C(OC(=O)Nc2ccccc2)[C@H]1O. The monoisotopic (exact) mass is 645 g/mol. The van der Waals surface area contributed by atoms with E-state index in [0.29, 0.717) is 5.69 Å². The number of H-pyrrole nitrogens is 1. The fraction of sp³-hybridized carbons (Fsp3) is 0.421. The molecule has 3 rings (SSSR count). The molecule has 228 valence electrons. The van der Waals surface area contributed by atoms with Gasteiger partial charge in [0.2, 0.25) is 0 Å². The van der Waals surface area contributed by atoms with Crippen molar-refractivity contribution in [3.8, 4) is 0 Å². The van der Waals surface area contributed by atoms with Crippen LogP contribution in [-0.4, -0.2) is 67.0 Å². The smallest absolute Gasteiger partial charge is 0.438 e. The van der Waals surface area contributed by atoms with Crippen LogP contribution in [0.1, 0.15) is 19.6 Å². The van der Waals surface area contributed by atoms with Crippen LogP contribution in [0.5, 0.6) is 0 Å². The topological polar surface area (TPSA) is 271 Å². The van der Waals surface area contributed by atoms with E-state index >= 15 is 0 Å². The molecular weight excluding hydrogens is 619 g/mol. The van der Waals surface area contributed by atoms with Crippen LogP contribution in [0.4, 0.5) is 10.5 Å². The van der Waals surface area contributed by atoms with Crippen LogP contribution >= 0.6 is 23.5 Å². The number of para-hydroxylation sites is 1. The van der Waals surface area contributed by atoms with Gasteiger partial charge in [-0.3, -0.25) is 28.7 Å². The number of hydrogen-bond acceptors (Lipinski definition) is 13. The molecule has 2 aromatic rings. The van der Waals surface area contributed by atoms with Crippen molar-refractivity contribution >= 4 is 35.2 Å². The molecule has 1 saturated heterocycles. The summed E-state index contributed by atoms with van der Waals surface area (Å²) in [5.41, 5.74) is -1.49. The Morgan fingerprint density at radius 3 is 2.27 bits per heavy atom. The lowest BCUT2D eigenvalue weighted by atomic mass is 10.1. The van der Waals surface area contributed by atoms with Gasteiger partial charge in [-0.05, 0) is 18.6 Å². The van der Waals surface area contributed by atoms with E-state index in [9.17, 15) is 47.9 Å². The highest BCUT2D eigenvalue weighted by molar-refractivity contribution is 7.66. The third kappa shape index (κ3) is 9.78. The lowest BCUT2D eigenvalue weighted by Crippen LogP contribution is -2.41. The molecule has 1 aliphatic heterocycles. The predicted molar refractivity (Wildman–Crippen MR) is 135 cm³/mol. The Labute approximate surface area is 230 Å². The second-order valence-corrected chi connectivity index (χ2v) is 12.8. The molecule has 1 aromatic heterocycles. The minimum atomic E-state index is -5.72. The Morgan fingerprint density at radius 1 is 1.02 bits per heavy atom. The number of phosphoric acid groups is 3. The number of aromatic nitrogens is 2. The molecule has 7 atom stereocenters. The Bertz CT molecular complexity index is 1470. The molecule has 4 unspecified atom stereocenters. The number of nitrogens with zero attached hydrogens (tertiary/aromatic N) is 1. The van der Waals surface area contributed by atoms with Gasteiger partial charge >= 0.3 is 35.3 Å². The number of anilines is 1. The first-order valence-electron chi connectivity index (χ1n) is 11.5. The number of nitrogens with one attached hydrogen (secondary N) is 2. The molecule has 19 nitrogen and oxygen atoms in total. The van der Waals surface area contributed by atoms with Gasteiger partial charge < -0.3 is 29.3 Å². The molecule has 0 bridgehead atoms. The van der Waals surface area contributed by atoms with E-state index in [1.54, 1.807) is 25.1 Å². The van der Waals surface area contributed by atoms with Gasteiger partial charge in [-0.25, -0.2) is 23.3 Å². The van der Waals surface area contributed by atoms with E-state index < -0.39 is 72.0 Å². The van der Waals surface area contributed by atoms with Crippen molar-refractivity contribution in [2.75, 3.05) is 18.5 Å². The van der Waals surface area contributed by atoms with Crippen LogP contribution in [0, 0.1) is 0 Å². The molecular formula is C19H26N3O16P3. The standard InChI is InChI=1S/C19H26N3O16P3/c1-2-10-33-39(27,28)37-41(31,32)38-40(29,30)34-11-13-15(24)16(36-19(26)20-12-6-4-3-5-7-12)17(35-13)22-9-8-14(23)21-18(22)25/h3-9,13,15-17,24H,2,10-11H2,1H3,(H,20,26)(H,27,28)(H,29,30)(H,31,32)(H,21,23,25)/t13-,15+,16?,17-/m1/s1. The maximum absolute atomic E-state index is 12.5. The summed E-state index contributed by atoms with van der Waals surface area (Å²) in [6.07, 6.45) is -6.67. The number of phosphoric ester groups is 2. The van der Waals surface area contributed by atoms with E-state index in [2.05, 4.69) is 23.0 Å². The molecule has 1 amide bonds. The number of aliphatic hydroxyl groups is 1. The molecule has 0 radical (unpaired) electrons. The average molecular weight is 645 g/mol. The Balaban J connectivity index is 1.74. The highest BCUT2D eigenvalue weighted by Gasteiger charge is 2.49. The maximum Gasteiger partial charge on any atom is 0.490 e. The molecule has 0 spiro atoms. The molecule has 6 N–H and O–H groups in total. The van der Waals surface area contributed by atoms with E-state index in [1.807, 2.05) is 4.98 Å². The summed E-state index contributed by atoms with van der Waals surface area (Å²) in [7, 11) is -16.4. The van der Waals surface area contributed by atoms with Crippen molar-refractivity contribution in [2.24, 2.45) is 0 Å². The van der Waals surface area contributed by atoms with Crippen LogP contribution in [0.2, 0.25) is 0 Å². The number of aromatic amines is 1. The number of carbonyl (C=O) groups is 1. The number of amides is 1. The third-order valence-electron chi connectivity index (χ3n) is 4.97. The summed E-state index contributed by atoms with van der Waals surface area (Å²) in [6.45, 7) is 0.116. The van der Waals surface area contributed by atoms with E-state index in [1.165, 1.54) is 12.1 Å². The molecule has 0 saturated carbocycles. The lowest BCUT2D eigenvalue weighted by Gasteiger charge is -2.22. The lowest BCUT2D eigenvalue weighted by molar-refractivity contribution is -0.0552. The molecule has 1 aliphatic rings. The highest BCUT2D eigenvalue weighted by Crippen LogP contribution is 2.67. The first-order valence-corrected chi connectivity index (χ1v) is 16.0. The van der Waals surface area contributed by atoms with Gasteiger partial charge in [0.25, 0.3) is 5.56 Å². The normalized spacial score (nSPS) is 25.0. The van der Waals surface area contributed by atoms with Crippen molar-refractivity contribution in [3.63, 3.8) is 0 Å². The number of carbonyl (C=O) groups excluding carboxylic acids is 1. The minimum Gasteiger partial charge on any atom is -0.438 e. The van der Waals surface area contributed by atoms with E-state index in [-0.39, 0.29) is 13.0 Å². The molecule has 1 aromatic carbocycles. The van der Waals surface area contributed by atoms with Crippen LogP contribution in [0.15, 0.2) is 52.2 Å². The maximum atomic E-state index is 12.5. The highest BCUT2D eigenvalue weighted by atomic mass is 31.3.